The van der Waals surface area contributed by atoms with E-state index in [4.69, 9.17) is 9.47 Å². The summed E-state index contributed by atoms with van der Waals surface area (Å²) in [4.78, 5) is 8.94. The fraction of sp³-hybridized carbons (Fsp3) is 0. The molecule has 122 heavy (non-hydrogen) atoms. The van der Waals surface area contributed by atoms with Gasteiger partial charge in [0, 0.05) is 67.8 Å². The summed E-state index contributed by atoms with van der Waals surface area (Å²) in [5.41, 5.74) is 26.8. The Labute approximate surface area is 708 Å². The van der Waals surface area contributed by atoms with Gasteiger partial charge in [0.15, 0.2) is 23.0 Å². The second-order valence-corrected chi connectivity index (χ2v) is 29.8. The first-order chi connectivity index (χ1) is 60.4. The van der Waals surface area contributed by atoms with Gasteiger partial charge >= 0.3 is 0 Å². The Morgan fingerprint density at radius 2 is 0.393 bits per heavy atom. The van der Waals surface area contributed by atoms with Gasteiger partial charge in [0.2, 0.25) is 0 Å². The molecule has 0 saturated carbocycles. The molecule has 0 bridgehead atoms. The van der Waals surface area contributed by atoms with Crippen molar-refractivity contribution < 1.29 is 9.47 Å². The second kappa shape index (κ2) is 32.1. The fourth-order valence-electron chi connectivity index (χ4n) is 17.4. The van der Waals surface area contributed by atoms with Crippen molar-refractivity contribution in [2.24, 2.45) is 0 Å². The van der Waals surface area contributed by atoms with Crippen LogP contribution in [0.1, 0.15) is 22.3 Å². The maximum atomic E-state index is 11.5. The molecule has 0 amide bonds. The first kappa shape index (κ1) is 73.6. The van der Waals surface area contributed by atoms with E-state index in [0.717, 1.165) is 158 Å². The van der Waals surface area contributed by atoms with Crippen LogP contribution in [0.25, 0.3) is 100 Å². The normalized spacial score (nSPS) is 11.5. The molecule has 0 N–H and O–H groups in total. The summed E-state index contributed by atoms with van der Waals surface area (Å²) in [5, 5.41) is 45.9. The molecule has 570 valence electrons. The molecule has 0 unspecified atom stereocenters. The number of rotatable bonds is 17. The van der Waals surface area contributed by atoms with Crippen LogP contribution in [0.15, 0.2) is 425 Å². The Kier molecular flexibility index (Phi) is 19.3. The van der Waals surface area contributed by atoms with Crippen LogP contribution in [-0.2, 0) is 0 Å². The van der Waals surface area contributed by atoms with Gasteiger partial charge in [-0.2, -0.15) is 21.0 Å². The van der Waals surface area contributed by atoms with Crippen molar-refractivity contribution in [2.45, 2.75) is 0 Å². The first-order valence-corrected chi connectivity index (χ1v) is 40.3. The fourth-order valence-corrected chi connectivity index (χ4v) is 17.4. The maximum absolute atomic E-state index is 11.5. The highest BCUT2D eigenvalue weighted by atomic mass is 16.5. The van der Waals surface area contributed by atoms with E-state index >= 15 is 0 Å². The highest BCUT2D eigenvalue weighted by molar-refractivity contribution is 6.09. The van der Waals surface area contributed by atoms with E-state index in [0.29, 0.717) is 50.4 Å². The van der Waals surface area contributed by atoms with Crippen LogP contribution in [-0.4, -0.2) is 0 Å². The third kappa shape index (κ3) is 13.3. The largest absolute Gasteiger partial charge is 0.453 e. The van der Waals surface area contributed by atoms with Crippen molar-refractivity contribution >= 4 is 68.2 Å². The Bertz CT molecular complexity index is 7090. The highest BCUT2D eigenvalue weighted by Gasteiger charge is 2.34. The van der Waals surface area contributed by atoms with Gasteiger partial charge in [-0.25, -0.2) is 0 Å². The molecule has 10 heteroatoms. The van der Waals surface area contributed by atoms with Crippen molar-refractivity contribution in [1.82, 2.24) is 0 Å². The quantitative estimate of drug-likeness (QED) is 0.0869. The van der Waals surface area contributed by atoms with Crippen molar-refractivity contribution in [3.63, 3.8) is 0 Å². The minimum atomic E-state index is 0.290. The number of nitriles is 4. The highest BCUT2D eigenvalue weighted by Crippen LogP contribution is 2.57. The lowest BCUT2D eigenvalue weighted by molar-refractivity contribution is 0.477. The zero-order chi connectivity index (χ0) is 82.0. The average molecular weight is 1560 g/mol. The molecule has 0 fully saturated rings. The third-order valence-electron chi connectivity index (χ3n) is 22.8. The number of nitrogens with zero attached hydrogens (tertiary/aromatic N) is 8. The topological polar surface area (TPSA) is 127 Å². The van der Waals surface area contributed by atoms with Crippen LogP contribution in [0.5, 0.6) is 23.0 Å². The molecule has 0 saturated heterocycles. The molecule has 18 aromatic carbocycles. The SMILES string of the molecule is N#Cc1c(C#N)c(-c2ccccc2)c(-c2ccc(N(c3ccccc3)c3ccc(-c4ccc5c(c4)Oc4ccccc4N5c4ccc(-c5c(-c6ccccc6)c(C#N)c(C#N)c(-c6ccccc6)c5-c5ccc(N6c7ccccc7Oc7ccccc76)cc5)cc4)cc3)cc2)c(-c2ccc(N(c3ccccc3)c3ccccc3)cc2)c1-c1ccccc1. The van der Waals surface area contributed by atoms with Crippen molar-refractivity contribution in [3.8, 4) is 147 Å². The lowest BCUT2D eigenvalue weighted by Gasteiger charge is -2.33. The Morgan fingerprint density at radius 3 is 0.680 bits per heavy atom. The summed E-state index contributed by atoms with van der Waals surface area (Å²) in [7, 11) is 0. The van der Waals surface area contributed by atoms with Gasteiger partial charge in [-0.05, 0) is 223 Å². The molecule has 0 spiro atoms. The molecule has 10 nitrogen and oxygen atoms in total. The zero-order valence-electron chi connectivity index (χ0n) is 65.8. The number of fused-ring (bicyclic) bond motifs is 4. The van der Waals surface area contributed by atoms with Crippen molar-refractivity contribution in [2.75, 3.05) is 19.6 Å². The van der Waals surface area contributed by atoms with Crippen LogP contribution in [0.2, 0.25) is 0 Å². The summed E-state index contributed by atoms with van der Waals surface area (Å²) >= 11 is 0. The van der Waals surface area contributed by atoms with E-state index in [1.165, 1.54) is 0 Å². The van der Waals surface area contributed by atoms with E-state index in [2.05, 4.69) is 238 Å². The minimum Gasteiger partial charge on any atom is -0.453 e. The van der Waals surface area contributed by atoms with Crippen LogP contribution < -0.4 is 29.1 Å². The summed E-state index contributed by atoms with van der Waals surface area (Å²) in [5.74, 6) is 2.86. The Hall–Kier alpha value is -17.3. The molecule has 2 heterocycles. The average Bonchev–Trinajstić information content (AvgIpc) is 1.01. The number of hydrogen-bond acceptors (Lipinski definition) is 10. The van der Waals surface area contributed by atoms with Gasteiger partial charge in [-0.15, -0.1) is 0 Å². The van der Waals surface area contributed by atoms with Crippen molar-refractivity contribution in [1.29, 1.82) is 21.0 Å². The van der Waals surface area contributed by atoms with Gasteiger partial charge in [-0.1, -0.05) is 279 Å². The minimum absolute atomic E-state index is 0.290. The van der Waals surface area contributed by atoms with E-state index in [1.54, 1.807) is 0 Å². The standard InChI is InChI=1S/C112H70N8O2/c113-71-93-94(72-114)106(77-30-10-2-11-31-77)110(109(105(93)76-28-8-1-9-29-76)80-50-61-89(62-51-80)117(85-36-16-5-17-37-85)86-38-18-6-19-39-86)81-52-63-90(64-53-81)118(87-40-20-7-21-41-87)88-59-48-75(49-60-88)84-58-69-100-104(70-84)122-103-47-27-24-44-99(103)120(100)92-67-56-83(57-68-92)112-108(79-34-14-4-15-35-79)96(74-116)95(73-115)107(78-32-12-3-13-33-78)111(112)82-54-65-91(66-55-82)119-97-42-22-25-45-101(97)121-102-46-26-23-43-98(102)119/h1-70H. The molecule has 0 radical (unpaired) electrons. The molecule has 2 aliphatic rings. The van der Waals surface area contributed by atoms with Gasteiger partial charge in [0.05, 0.1) is 45.0 Å². The molecular formula is C112H70N8O2. The van der Waals surface area contributed by atoms with Crippen LogP contribution in [0, 0.1) is 45.3 Å². The van der Waals surface area contributed by atoms with Gasteiger partial charge < -0.3 is 29.1 Å². The first-order valence-electron chi connectivity index (χ1n) is 40.3. The van der Waals surface area contributed by atoms with Gasteiger partial charge in [-0.3, -0.25) is 0 Å². The molecule has 18 aromatic rings. The van der Waals surface area contributed by atoms with Gasteiger partial charge in [0.25, 0.3) is 0 Å². The number of benzene rings is 18. The van der Waals surface area contributed by atoms with Gasteiger partial charge in [0.1, 0.15) is 24.3 Å². The lowest BCUT2D eigenvalue weighted by Crippen LogP contribution is -2.15. The molecular weight excluding hydrogens is 1490 g/mol. The second-order valence-electron chi connectivity index (χ2n) is 29.8. The monoisotopic (exact) mass is 1560 g/mol. The number of ether oxygens (including phenoxy) is 2. The van der Waals surface area contributed by atoms with E-state index in [9.17, 15) is 21.0 Å². The number of anilines is 12. The predicted octanol–water partition coefficient (Wildman–Crippen LogP) is 30.3. The zero-order valence-corrected chi connectivity index (χ0v) is 65.8. The van der Waals surface area contributed by atoms with Crippen LogP contribution in [0.3, 0.4) is 0 Å². The molecule has 0 aliphatic carbocycles. The predicted molar refractivity (Wildman–Crippen MR) is 493 cm³/mol. The maximum Gasteiger partial charge on any atom is 0.152 e. The summed E-state index contributed by atoms with van der Waals surface area (Å²) < 4.78 is 13.4. The van der Waals surface area contributed by atoms with Crippen LogP contribution >= 0.6 is 0 Å². The molecule has 20 rings (SSSR count). The van der Waals surface area contributed by atoms with E-state index in [1.807, 2.05) is 231 Å². The molecule has 2 aliphatic heterocycles. The lowest BCUT2D eigenvalue weighted by atomic mass is 9.77. The van der Waals surface area contributed by atoms with Crippen molar-refractivity contribution in [3.05, 3.63) is 447 Å². The van der Waals surface area contributed by atoms with E-state index in [-0.39, 0.29) is 5.56 Å². The molecule has 0 aromatic heterocycles. The smallest absolute Gasteiger partial charge is 0.152 e. The number of hydrogen-bond donors (Lipinski definition) is 0. The summed E-state index contributed by atoms with van der Waals surface area (Å²) in [6.07, 6.45) is 0. The summed E-state index contributed by atoms with van der Waals surface area (Å²) in [6, 6.07) is 154. The van der Waals surface area contributed by atoms with E-state index < -0.39 is 0 Å². The number of para-hydroxylation sites is 9. The summed E-state index contributed by atoms with van der Waals surface area (Å²) in [6.45, 7) is 0. The third-order valence-corrected chi connectivity index (χ3v) is 22.8. The Morgan fingerprint density at radius 1 is 0.180 bits per heavy atom. The Balaban J connectivity index is 0.667. The van der Waals surface area contributed by atoms with Crippen LogP contribution in [0.4, 0.5) is 68.2 Å². The molecule has 0 atom stereocenters.